The van der Waals surface area contributed by atoms with Crippen molar-refractivity contribution in [3.63, 3.8) is 0 Å². The molecule has 0 aliphatic rings. The molecule has 0 saturated carbocycles. The minimum atomic E-state index is -0.418. The number of aliphatic hydroxyl groups excluding tert-OH is 1. The molecule has 106 valence electrons. The third-order valence-electron chi connectivity index (χ3n) is 3.89. The summed E-state index contributed by atoms with van der Waals surface area (Å²) in [5.41, 5.74) is 4.52. The third-order valence-corrected chi connectivity index (χ3v) is 3.89. The van der Waals surface area contributed by atoms with Crippen LogP contribution >= 0.6 is 0 Å². The fraction of sp³-hybridized carbons (Fsp3) is 0.333. The van der Waals surface area contributed by atoms with Gasteiger partial charge in [-0.25, -0.2) is 0 Å². The molecule has 2 aromatic carbocycles. The molecule has 2 N–H and O–H groups in total. The zero-order valence-electron chi connectivity index (χ0n) is 12.5. The zero-order chi connectivity index (χ0) is 14.6. The number of benzene rings is 2. The molecule has 0 aliphatic carbocycles. The Morgan fingerprint density at radius 2 is 1.75 bits per heavy atom. The van der Waals surface area contributed by atoms with Crippen LogP contribution in [-0.2, 0) is 12.1 Å². The van der Waals surface area contributed by atoms with Gasteiger partial charge in [0.2, 0.25) is 0 Å². The molecule has 2 heteroatoms. The average molecular weight is 269 g/mol. The third kappa shape index (κ3) is 3.27. The maximum Gasteiger partial charge on any atom is 0.0652 e. The number of nitrogens with one attached hydrogen (secondary N) is 1. The van der Waals surface area contributed by atoms with E-state index in [4.69, 9.17) is 0 Å². The lowest BCUT2D eigenvalue weighted by Gasteiger charge is -2.30. The van der Waals surface area contributed by atoms with Crippen LogP contribution in [0.1, 0.15) is 29.2 Å². The molecular formula is C18H23NO. The zero-order valence-corrected chi connectivity index (χ0v) is 12.5. The van der Waals surface area contributed by atoms with Gasteiger partial charge in [0, 0.05) is 6.54 Å². The molecule has 0 heterocycles. The minimum absolute atomic E-state index is 0.0714. The molecule has 2 aromatic rings. The van der Waals surface area contributed by atoms with Crippen molar-refractivity contribution in [2.45, 2.75) is 32.9 Å². The molecule has 0 radical (unpaired) electrons. The molecule has 1 atom stereocenters. The molecule has 20 heavy (non-hydrogen) atoms. The molecule has 1 unspecified atom stereocenters. The van der Waals surface area contributed by atoms with Crippen LogP contribution in [-0.4, -0.2) is 11.7 Å². The van der Waals surface area contributed by atoms with E-state index in [1.807, 2.05) is 37.3 Å². The molecule has 0 bridgehead atoms. The molecule has 2 nitrogen and oxygen atoms in total. The Bertz CT molecular complexity index is 565. The van der Waals surface area contributed by atoms with E-state index in [-0.39, 0.29) is 6.61 Å². The lowest BCUT2D eigenvalue weighted by Crippen LogP contribution is -2.42. The van der Waals surface area contributed by atoms with E-state index in [1.165, 1.54) is 16.7 Å². The summed E-state index contributed by atoms with van der Waals surface area (Å²) in [6, 6.07) is 16.6. The quantitative estimate of drug-likeness (QED) is 0.873. The smallest absolute Gasteiger partial charge is 0.0652 e. The maximum atomic E-state index is 9.77. The van der Waals surface area contributed by atoms with E-state index < -0.39 is 5.54 Å². The number of aliphatic hydroxyl groups is 1. The van der Waals surface area contributed by atoms with Crippen LogP contribution in [0.2, 0.25) is 0 Å². The first-order valence-corrected chi connectivity index (χ1v) is 7.03. The number of rotatable bonds is 5. The van der Waals surface area contributed by atoms with Crippen LogP contribution in [0.25, 0.3) is 0 Å². The molecule has 2 rings (SSSR count). The molecular weight excluding hydrogens is 246 g/mol. The van der Waals surface area contributed by atoms with Gasteiger partial charge in [0.1, 0.15) is 0 Å². The predicted molar refractivity (Wildman–Crippen MR) is 83.6 cm³/mol. The first-order valence-electron chi connectivity index (χ1n) is 7.03. The van der Waals surface area contributed by atoms with Crippen molar-refractivity contribution >= 4 is 0 Å². The van der Waals surface area contributed by atoms with E-state index in [0.717, 1.165) is 12.1 Å². The molecule has 0 amide bonds. The van der Waals surface area contributed by atoms with E-state index in [2.05, 4.69) is 37.4 Å². The summed E-state index contributed by atoms with van der Waals surface area (Å²) in [5.74, 6) is 0. The van der Waals surface area contributed by atoms with Gasteiger partial charge in [0.05, 0.1) is 12.1 Å². The summed E-state index contributed by atoms with van der Waals surface area (Å²) in [6.45, 7) is 7.08. The van der Waals surface area contributed by atoms with E-state index in [9.17, 15) is 5.11 Å². The topological polar surface area (TPSA) is 32.3 Å². The van der Waals surface area contributed by atoms with Crippen LogP contribution in [0.4, 0.5) is 0 Å². The Morgan fingerprint density at radius 3 is 2.35 bits per heavy atom. The number of hydrogen-bond donors (Lipinski definition) is 2. The summed E-state index contributed by atoms with van der Waals surface area (Å²) in [7, 11) is 0. The molecule has 0 aromatic heterocycles. The van der Waals surface area contributed by atoms with Crippen LogP contribution in [0, 0.1) is 13.8 Å². The second-order valence-electron chi connectivity index (χ2n) is 5.64. The molecule has 0 spiro atoms. The van der Waals surface area contributed by atoms with Gasteiger partial charge in [0.25, 0.3) is 0 Å². The number of hydrogen-bond acceptors (Lipinski definition) is 2. The SMILES string of the molecule is Cc1ccc(CNC(C)(CO)c2ccccc2)c(C)c1. The van der Waals surface area contributed by atoms with Gasteiger partial charge in [0.15, 0.2) is 0 Å². The lowest BCUT2D eigenvalue weighted by molar-refractivity contribution is 0.173. The van der Waals surface area contributed by atoms with Crippen molar-refractivity contribution in [3.05, 3.63) is 70.8 Å². The normalized spacial score (nSPS) is 14.0. The second-order valence-corrected chi connectivity index (χ2v) is 5.64. The predicted octanol–water partition coefficient (Wildman–Crippen LogP) is 3.30. The summed E-state index contributed by atoms with van der Waals surface area (Å²) in [5, 5.41) is 13.3. The van der Waals surface area contributed by atoms with Gasteiger partial charge in [-0.3, -0.25) is 0 Å². The Morgan fingerprint density at radius 1 is 1.05 bits per heavy atom. The highest BCUT2D eigenvalue weighted by atomic mass is 16.3. The van der Waals surface area contributed by atoms with Crippen molar-refractivity contribution in [1.82, 2.24) is 5.32 Å². The fourth-order valence-corrected chi connectivity index (χ4v) is 2.39. The Kier molecular flexibility index (Phi) is 4.58. The van der Waals surface area contributed by atoms with Gasteiger partial charge in [-0.2, -0.15) is 0 Å². The largest absolute Gasteiger partial charge is 0.394 e. The molecule has 0 saturated heterocycles. The van der Waals surface area contributed by atoms with Crippen molar-refractivity contribution < 1.29 is 5.11 Å². The lowest BCUT2D eigenvalue weighted by atomic mass is 9.92. The molecule has 0 fully saturated rings. The first kappa shape index (κ1) is 14.8. The molecule has 0 aliphatic heterocycles. The average Bonchev–Trinajstić information content (AvgIpc) is 2.47. The second kappa shape index (κ2) is 6.21. The van der Waals surface area contributed by atoms with Gasteiger partial charge < -0.3 is 10.4 Å². The standard InChI is InChI=1S/C18H23NO/c1-14-9-10-16(15(2)11-14)12-19-18(3,13-20)17-7-5-4-6-8-17/h4-11,19-20H,12-13H2,1-3H3. The summed E-state index contributed by atoms with van der Waals surface area (Å²) in [4.78, 5) is 0. The first-order chi connectivity index (χ1) is 9.55. The van der Waals surface area contributed by atoms with Crippen LogP contribution in [0.5, 0.6) is 0 Å². The van der Waals surface area contributed by atoms with Crippen LogP contribution in [0.3, 0.4) is 0 Å². The van der Waals surface area contributed by atoms with Crippen molar-refractivity contribution in [3.8, 4) is 0 Å². The van der Waals surface area contributed by atoms with Crippen molar-refractivity contribution in [2.75, 3.05) is 6.61 Å². The van der Waals surface area contributed by atoms with Gasteiger partial charge in [-0.1, -0.05) is 54.1 Å². The van der Waals surface area contributed by atoms with E-state index in [1.54, 1.807) is 0 Å². The van der Waals surface area contributed by atoms with Gasteiger partial charge in [-0.05, 0) is 37.5 Å². The Labute approximate surface area is 121 Å². The monoisotopic (exact) mass is 269 g/mol. The summed E-state index contributed by atoms with van der Waals surface area (Å²) in [6.07, 6.45) is 0. The van der Waals surface area contributed by atoms with Gasteiger partial charge in [-0.15, -0.1) is 0 Å². The van der Waals surface area contributed by atoms with E-state index in [0.29, 0.717) is 0 Å². The fourth-order valence-electron chi connectivity index (χ4n) is 2.39. The maximum absolute atomic E-state index is 9.77. The van der Waals surface area contributed by atoms with Crippen LogP contribution < -0.4 is 5.32 Å². The van der Waals surface area contributed by atoms with Gasteiger partial charge >= 0.3 is 0 Å². The summed E-state index contributed by atoms with van der Waals surface area (Å²) >= 11 is 0. The summed E-state index contributed by atoms with van der Waals surface area (Å²) < 4.78 is 0. The minimum Gasteiger partial charge on any atom is -0.394 e. The van der Waals surface area contributed by atoms with E-state index >= 15 is 0 Å². The Balaban J connectivity index is 2.15. The number of aryl methyl sites for hydroxylation is 2. The van der Waals surface area contributed by atoms with Crippen LogP contribution in [0.15, 0.2) is 48.5 Å². The van der Waals surface area contributed by atoms with Crippen molar-refractivity contribution in [1.29, 1.82) is 0 Å². The van der Waals surface area contributed by atoms with Crippen molar-refractivity contribution in [2.24, 2.45) is 0 Å². The Hall–Kier alpha value is -1.64. The highest BCUT2D eigenvalue weighted by Crippen LogP contribution is 2.21. The highest BCUT2D eigenvalue weighted by molar-refractivity contribution is 5.31. The highest BCUT2D eigenvalue weighted by Gasteiger charge is 2.24.